The Kier molecular flexibility index (Phi) is 5.21. The Morgan fingerprint density at radius 2 is 2.00 bits per heavy atom. The first kappa shape index (κ1) is 17.7. The normalized spacial score (nSPS) is 15.1. The summed E-state index contributed by atoms with van der Waals surface area (Å²) in [6, 6.07) is 14.5. The summed E-state index contributed by atoms with van der Waals surface area (Å²) in [5.41, 5.74) is 4.66. The van der Waals surface area contributed by atoms with Crippen molar-refractivity contribution in [1.29, 1.82) is 0 Å². The van der Waals surface area contributed by atoms with Crippen LogP contribution in [0.4, 0.5) is 0 Å². The van der Waals surface area contributed by atoms with E-state index in [2.05, 4.69) is 39.5 Å². The van der Waals surface area contributed by atoms with Crippen LogP contribution in [-0.4, -0.2) is 40.4 Å². The highest BCUT2D eigenvalue weighted by molar-refractivity contribution is 5.97. The van der Waals surface area contributed by atoms with Gasteiger partial charge in [-0.15, -0.1) is 0 Å². The van der Waals surface area contributed by atoms with Crippen molar-refractivity contribution < 1.29 is 4.79 Å². The van der Waals surface area contributed by atoms with E-state index in [0.717, 1.165) is 28.8 Å². The van der Waals surface area contributed by atoms with Crippen LogP contribution in [0, 0.1) is 0 Å². The fraction of sp³-hybridized carbons (Fsp3) is 0.364. The molecule has 3 aromatic rings. The fourth-order valence-electron chi connectivity index (χ4n) is 3.75. The topological polar surface area (TPSA) is 61.0 Å². The monoisotopic (exact) mass is 362 g/mol. The summed E-state index contributed by atoms with van der Waals surface area (Å²) in [6.45, 7) is 5.91. The molecular formula is C22H26N4O. The van der Waals surface area contributed by atoms with Gasteiger partial charge in [-0.3, -0.25) is 9.69 Å². The molecule has 0 bridgehead atoms. The Balaban J connectivity index is 1.58. The maximum Gasteiger partial charge on any atom is 0.267 e. The molecule has 4 rings (SSSR count). The minimum atomic E-state index is -0.0967. The number of nitrogens with zero attached hydrogens (tertiary/aromatic N) is 2. The van der Waals surface area contributed by atoms with E-state index in [-0.39, 0.29) is 5.91 Å². The molecule has 1 fully saturated rings. The number of fused-ring (bicyclic) bond motifs is 1. The summed E-state index contributed by atoms with van der Waals surface area (Å²) < 4.78 is 0. The zero-order chi connectivity index (χ0) is 18.6. The van der Waals surface area contributed by atoms with Crippen molar-refractivity contribution in [2.75, 3.05) is 19.6 Å². The molecule has 0 radical (unpaired) electrons. The highest BCUT2D eigenvalue weighted by Crippen LogP contribution is 2.23. The number of nitrogens with one attached hydrogen (secondary N) is 2. The molecule has 0 spiro atoms. The fourth-order valence-corrected chi connectivity index (χ4v) is 3.75. The summed E-state index contributed by atoms with van der Waals surface area (Å²) in [5.74, 6) is -0.0967. The maximum absolute atomic E-state index is 12.0. The van der Waals surface area contributed by atoms with Gasteiger partial charge in [0.15, 0.2) is 0 Å². The van der Waals surface area contributed by atoms with Gasteiger partial charge in [-0.1, -0.05) is 24.6 Å². The number of aromatic amines is 1. The van der Waals surface area contributed by atoms with E-state index in [1.807, 2.05) is 25.1 Å². The summed E-state index contributed by atoms with van der Waals surface area (Å²) in [7, 11) is 0. The van der Waals surface area contributed by atoms with Crippen molar-refractivity contribution in [3.63, 3.8) is 0 Å². The maximum atomic E-state index is 12.0. The van der Waals surface area contributed by atoms with Gasteiger partial charge in [-0.25, -0.2) is 4.98 Å². The molecule has 140 valence electrons. The molecule has 0 saturated carbocycles. The van der Waals surface area contributed by atoms with E-state index >= 15 is 0 Å². The number of pyridine rings is 1. The van der Waals surface area contributed by atoms with Gasteiger partial charge in [0.1, 0.15) is 11.3 Å². The summed E-state index contributed by atoms with van der Waals surface area (Å²) in [4.78, 5) is 22.4. The highest BCUT2D eigenvalue weighted by Gasteiger charge is 2.12. The SMILES string of the molecule is CCNC(=O)c1cc2ccc(-c3cccc(CN4CCCCC4)c3)nc2[nH]1. The zero-order valence-electron chi connectivity index (χ0n) is 15.8. The lowest BCUT2D eigenvalue weighted by molar-refractivity contribution is 0.0951. The van der Waals surface area contributed by atoms with Crippen LogP contribution in [0.2, 0.25) is 0 Å². The van der Waals surface area contributed by atoms with Crippen LogP contribution in [0.1, 0.15) is 42.2 Å². The van der Waals surface area contributed by atoms with Gasteiger partial charge in [-0.2, -0.15) is 0 Å². The lowest BCUT2D eigenvalue weighted by Gasteiger charge is -2.26. The number of rotatable bonds is 5. The first-order valence-corrected chi connectivity index (χ1v) is 9.82. The van der Waals surface area contributed by atoms with Crippen molar-refractivity contribution in [2.45, 2.75) is 32.7 Å². The third-order valence-corrected chi connectivity index (χ3v) is 5.14. The molecule has 2 aromatic heterocycles. The van der Waals surface area contributed by atoms with Gasteiger partial charge in [0.05, 0.1) is 5.69 Å². The molecular weight excluding hydrogens is 336 g/mol. The van der Waals surface area contributed by atoms with Crippen molar-refractivity contribution in [3.8, 4) is 11.3 Å². The van der Waals surface area contributed by atoms with Crippen LogP contribution in [0.15, 0.2) is 42.5 Å². The number of carbonyl (C=O) groups is 1. The predicted molar refractivity (Wildman–Crippen MR) is 109 cm³/mol. The smallest absolute Gasteiger partial charge is 0.267 e. The Hall–Kier alpha value is -2.66. The largest absolute Gasteiger partial charge is 0.351 e. The molecule has 5 heteroatoms. The molecule has 1 aliphatic rings. The van der Waals surface area contributed by atoms with Gasteiger partial charge < -0.3 is 10.3 Å². The van der Waals surface area contributed by atoms with Gasteiger partial charge in [0.25, 0.3) is 5.91 Å². The van der Waals surface area contributed by atoms with E-state index in [9.17, 15) is 4.79 Å². The van der Waals surface area contributed by atoms with Crippen LogP contribution in [-0.2, 0) is 6.54 Å². The number of H-pyrrole nitrogens is 1. The number of hydrogen-bond acceptors (Lipinski definition) is 3. The molecule has 1 aromatic carbocycles. The average Bonchev–Trinajstić information content (AvgIpc) is 3.13. The summed E-state index contributed by atoms with van der Waals surface area (Å²) in [5, 5.41) is 3.76. The molecule has 5 nitrogen and oxygen atoms in total. The van der Waals surface area contributed by atoms with Crippen LogP contribution in [0.3, 0.4) is 0 Å². The van der Waals surface area contributed by atoms with Gasteiger partial charge in [0.2, 0.25) is 0 Å². The number of benzene rings is 1. The van der Waals surface area contributed by atoms with Crippen molar-refractivity contribution >= 4 is 16.9 Å². The van der Waals surface area contributed by atoms with Crippen molar-refractivity contribution in [2.24, 2.45) is 0 Å². The standard InChI is InChI=1S/C22H26N4O/c1-2-23-22(27)20-14-18-9-10-19(24-21(18)25-20)17-8-6-7-16(13-17)15-26-11-4-3-5-12-26/h6-10,13-14H,2-5,11-12,15H2,1H3,(H,23,27)(H,24,25). The second-order valence-corrected chi connectivity index (χ2v) is 7.21. The number of likely N-dealkylation sites (tertiary alicyclic amines) is 1. The van der Waals surface area contributed by atoms with E-state index in [0.29, 0.717) is 12.2 Å². The third-order valence-electron chi connectivity index (χ3n) is 5.14. The van der Waals surface area contributed by atoms with Gasteiger partial charge in [-0.05, 0) is 62.7 Å². The molecule has 3 heterocycles. The Labute approximate surface area is 159 Å². The quantitative estimate of drug-likeness (QED) is 0.722. The van der Waals surface area contributed by atoms with Crippen LogP contribution < -0.4 is 5.32 Å². The summed E-state index contributed by atoms with van der Waals surface area (Å²) in [6.07, 6.45) is 3.96. The second kappa shape index (κ2) is 7.92. The van der Waals surface area contributed by atoms with Crippen molar-refractivity contribution in [3.05, 3.63) is 53.7 Å². The van der Waals surface area contributed by atoms with Crippen molar-refractivity contribution in [1.82, 2.24) is 20.2 Å². The molecule has 1 amide bonds. The molecule has 0 unspecified atom stereocenters. The van der Waals surface area contributed by atoms with E-state index < -0.39 is 0 Å². The molecule has 0 aliphatic carbocycles. The van der Waals surface area contributed by atoms with Crippen LogP contribution in [0.5, 0.6) is 0 Å². The molecule has 0 atom stereocenters. The van der Waals surface area contributed by atoms with E-state index in [1.54, 1.807) is 0 Å². The van der Waals surface area contributed by atoms with Crippen LogP contribution in [0.25, 0.3) is 22.3 Å². The Bertz CT molecular complexity index is 940. The number of piperidine rings is 1. The first-order chi connectivity index (χ1) is 13.2. The van der Waals surface area contributed by atoms with Gasteiger partial charge >= 0.3 is 0 Å². The Morgan fingerprint density at radius 1 is 1.15 bits per heavy atom. The van der Waals surface area contributed by atoms with E-state index in [4.69, 9.17) is 4.98 Å². The number of amides is 1. The van der Waals surface area contributed by atoms with E-state index in [1.165, 1.54) is 37.9 Å². The lowest BCUT2D eigenvalue weighted by Crippen LogP contribution is -2.29. The first-order valence-electron chi connectivity index (χ1n) is 9.82. The molecule has 2 N–H and O–H groups in total. The second-order valence-electron chi connectivity index (χ2n) is 7.21. The van der Waals surface area contributed by atoms with Crippen LogP contribution >= 0.6 is 0 Å². The summed E-state index contributed by atoms with van der Waals surface area (Å²) >= 11 is 0. The number of hydrogen-bond donors (Lipinski definition) is 2. The minimum absolute atomic E-state index is 0.0967. The number of aromatic nitrogens is 2. The molecule has 27 heavy (non-hydrogen) atoms. The number of carbonyl (C=O) groups excluding carboxylic acids is 1. The third kappa shape index (κ3) is 4.03. The lowest BCUT2D eigenvalue weighted by atomic mass is 10.1. The van der Waals surface area contributed by atoms with Gasteiger partial charge in [0, 0.05) is 24.0 Å². The molecule has 1 saturated heterocycles. The molecule has 1 aliphatic heterocycles. The zero-order valence-corrected chi connectivity index (χ0v) is 15.8. The highest BCUT2D eigenvalue weighted by atomic mass is 16.1. The average molecular weight is 362 g/mol. The Morgan fingerprint density at radius 3 is 2.81 bits per heavy atom. The minimum Gasteiger partial charge on any atom is -0.351 e. The predicted octanol–water partition coefficient (Wildman–Crippen LogP) is 3.97.